The van der Waals surface area contributed by atoms with E-state index in [0.717, 1.165) is 43.4 Å². The molecule has 1 unspecified atom stereocenters. The minimum atomic E-state index is 0.568. The number of nitrogens with one attached hydrogen (secondary N) is 1. The quantitative estimate of drug-likeness (QED) is 0.143. The molecule has 0 saturated heterocycles. The molecule has 202 valence electrons. The maximum atomic E-state index is 8.86. The lowest BCUT2D eigenvalue weighted by Crippen LogP contribution is -2.12. The zero-order valence-electron chi connectivity index (χ0n) is 25.1. The molecule has 1 N–H and O–H groups in total. The van der Waals surface area contributed by atoms with Crippen LogP contribution in [0.4, 0.5) is 0 Å². The molecular formula is C35H57N. The average molecular weight is 492 g/mol. The number of aryl methyl sites for hydroxylation is 2. The molecule has 1 aromatic carbocycles. The van der Waals surface area contributed by atoms with Gasteiger partial charge >= 0.3 is 0 Å². The van der Waals surface area contributed by atoms with Crippen LogP contribution in [0.15, 0.2) is 84.5 Å². The maximum absolute atomic E-state index is 8.86. The molecule has 1 rings (SSSR count). The Kier molecular flexibility index (Phi) is 24.1. The highest BCUT2D eigenvalue weighted by molar-refractivity contribution is 6.02. The van der Waals surface area contributed by atoms with Gasteiger partial charge in [0.2, 0.25) is 0 Å². The van der Waals surface area contributed by atoms with E-state index in [0.29, 0.717) is 5.92 Å². The van der Waals surface area contributed by atoms with Crippen LogP contribution in [-0.2, 0) is 12.8 Å². The molecule has 0 aliphatic heterocycles. The molecule has 0 aromatic heterocycles. The summed E-state index contributed by atoms with van der Waals surface area (Å²) in [7, 11) is 0. The number of unbranched alkanes of at least 4 members (excludes halogenated alkanes) is 2. The van der Waals surface area contributed by atoms with E-state index >= 15 is 0 Å². The molecular weight excluding hydrogens is 434 g/mol. The second-order valence-electron chi connectivity index (χ2n) is 8.97. The van der Waals surface area contributed by atoms with Crippen molar-refractivity contribution in [3.8, 4) is 0 Å². The lowest BCUT2D eigenvalue weighted by molar-refractivity contribution is 0.502. The fraction of sp³-hybridized carbons (Fsp3) is 0.514. The molecule has 0 heterocycles. The van der Waals surface area contributed by atoms with Crippen LogP contribution in [-0.4, -0.2) is 5.71 Å². The predicted molar refractivity (Wildman–Crippen MR) is 167 cm³/mol. The summed E-state index contributed by atoms with van der Waals surface area (Å²) in [4.78, 5) is 0. The summed E-state index contributed by atoms with van der Waals surface area (Å²) in [5.74, 6) is 0.568. The highest BCUT2D eigenvalue weighted by Gasteiger charge is 2.17. The summed E-state index contributed by atoms with van der Waals surface area (Å²) in [5.41, 5.74) is 7.18. The molecule has 1 aromatic rings. The molecule has 1 nitrogen and oxygen atoms in total. The van der Waals surface area contributed by atoms with Crippen LogP contribution in [0.5, 0.6) is 0 Å². The van der Waals surface area contributed by atoms with Gasteiger partial charge in [-0.3, -0.25) is 0 Å². The SMILES string of the molecule is C=C/C=C(C)\C(C(=N)CCc1ccc(CC)cc1)=C(/C)C(CC)CCCCC.C=C/C=C\CC.CC. The Bertz CT molecular complexity index is 802. The van der Waals surface area contributed by atoms with Crippen LogP contribution in [0.25, 0.3) is 0 Å². The van der Waals surface area contributed by atoms with Crippen molar-refractivity contribution < 1.29 is 0 Å². The molecule has 36 heavy (non-hydrogen) atoms. The third kappa shape index (κ3) is 15.6. The molecule has 0 radical (unpaired) electrons. The van der Waals surface area contributed by atoms with Crippen molar-refractivity contribution in [1.29, 1.82) is 5.41 Å². The first-order valence-electron chi connectivity index (χ1n) is 14.3. The summed E-state index contributed by atoms with van der Waals surface area (Å²) < 4.78 is 0. The third-order valence-corrected chi connectivity index (χ3v) is 6.32. The Labute approximate surface area is 225 Å². The van der Waals surface area contributed by atoms with Gasteiger partial charge in [0.15, 0.2) is 0 Å². The van der Waals surface area contributed by atoms with Gasteiger partial charge in [0, 0.05) is 5.71 Å². The molecule has 0 aliphatic carbocycles. The van der Waals surface area contributed by atoms with Gasteiger partial charge in [-0.05, 0) is 80.6 Å². The Morgan fingerprint density at radius 1 is 0.917 bits per heavy atom. The smallest absolute Gasteiger partial charge is 0.0391 e. The van der Waals surface area contributed by atoms with E-state index in [1.165, 1.54) is 48.0 Å². The van der Waals surface area contributed by atoms with Crippen LogP contribution < -0.4 is 0 Å². The largest absolute Gasteiger partial charge is 0.305 e. The maximum Gasteiger partial charge on any atom is 0.0391 e. The van der Waals surface area contributed by atoms with Crippen molar-refractivity contribution >= 4 is 5.71 Å². The number of rotatable bonds is 15. The fourth-order valence-electron chi connectivity index (χ4n) is 4.19. The van der Waals surface area contributed by atoms with E-state index in [4.69, 9.17) is 5.41 Å². The van der Waals surface area contributed by atoms with Crippen molar-refractivity contribution in [2.75, 3.05) is 0 Å². The number of allylic oxidation sites excluding steroid dienone is 8. The van der Waals surface area contributed by atoms with Crippen molar-refractivity contribution in [3.05, 3.63) is 95.6 Å². The summed E-state index contributed by atoms with van der Waals surface area (Å²) >= 11 is 0. The molecule has 1 atom stereocenters. The first-order chi connectivity index (χ1) is 17.4. The van der Waals surface area contributed by atoms with Gasteiger partial charge in [-0.2, -0.15) is 0 Å². The van der Waals surface area contributed by atoms with Crippen LogP contribution in [0.3, 0.4) is 0 Å². The Morgan fingerprint density at radius 3 is 1.97 bits per heavy atom. The minimum absolute atomic E-state index is 0.568. The van der Waals surface area contributed by atoms with Gasteiger partial charge in [-0.25, -0.2) is 0 Å². The summed E-state index contributed by atoms with van der Waals surface area (Å²) in [6.07, 6.45) is 19.8. The molecule has 0 saturated carbocycles. The molecule has 1 heteroatoms. The van der Waals surface area contributed by atoms with E-state index in [2.05, 4.69) is 91.1 Å². The van der Waals surface area contributed by atoms with E-state index in [1.54, 1.807) is 6.08 Å². The average Bonchev–Trinajstić information content (AvgIpc) is 2.90. The highest BCUT2D eigenvalue weighted by atomic mass is 14.4. The Hall–Kier alpha value is -2.41. The minimum Gasteiger partial charge on any atom is -0.305 e. The summed E-state index contributed by atoms with van der Waals surface area (Å²) in [6.45, 7) is 24.6. The van der Waals surface area contributed by atoms with Crippen LogP contribution in [0.1, 0.15) is 111 Å². The van der Waals surface area contributed by atoms with Gasteiger partial charge in [0.1, 0.15) is 0 Å². The van der Waals surface area contributed by atoms with Crippen LogP contribution >= 0.6 is 0 Å². The Morgan fingerprint density at radius 2 is 1.53 bits per heavy atom. The fourth-order valence-corrected chi connectivity index (χ4v) is 4.19. The van der Waals surface area contributed by atoms with E-state index in [9.17, 15) is 0 Å². The summed E-state index contributed by atoms with van der Waals surface area (Å²) in [6, 6.07) is 8.86. The van der Waals surface area contributed by atoms with Crippen LogP contribution in [0, 0.1) is 11.3 Å². The van der Waals surface area contributed by atoms with Crippen molar-refractivity contribution in [3.63, 3.8) is 0 Å². The Balaban J connectivity index is 0. The molecule has 0 spiro atoms. The van der Waals surface area contributed by atoms with Gasteiger partial charge in [-0.15, -0.1) is 0 Å². The zero-order chi connectivity index (χ0) is 27.8. The second kappa shape index (κ2) is 24.3. The van der Waals surface area contributed by atoms with Gasteiger partial charge < -0.3 is 5.41 Å². The lowest BCUT2D eigenvalue weighted by atomic mass is 9.83. The van der Waals surface area contributed by atoms with Crippen LogP contribution in [0.2, 0.25) is 0 Å². The normalized spacial score (nSPS) is 12.5. The zero-order valence-corrected chi connectivity index (χ0v) is 25.1. The monoisotopic (exact) mass is 491 g/mol. The predicted octanol–water partition coefficient (Wildman–Crippen LogP) is 11.4. The first kappa shape index (κ1) is 35.8. The van der Waals surface area contributed by atoms with Crippen molar-refractivity contribution in [1.82, 2.24) is 0 Å². The third-order valence-electron chi connectivity index (χ3n) is 6.32. The molecule has 0 aliphatic rings. The van der Waals surface area contributed by atoms with E-state index < -0.39 is 0 Å². The summed E-state index contributed by atoms with van der Waals surface area (Å²) in [5, 5.41) is 8.86. The number of hydrogen-bond donors (Lipinski definition) is 1. The number of hydrogen-bond acceptors (Lipinski definition) is 1. The lowest BCUT2D eigenvalue weighted by Gasteiger charge is -2.22. The first-order valence-corrected chi connectivity index (χ1v) is 14.3. The number of benzene rings is 1. The van der Waals surface area contributed by atoms with Crippen molar-refractivity contribution in [2.24, 2.45) is 5.92 Å². The molecule has 0 amide bonds. The van der Waals surface area contributed by atoms with Gasteiger partial charge in [0.05, 0.1) is 0 Å². The topological polar surface area (TPSA) is 23.9 Å². The highest BCUT2D eigenvalue weighted by Crippen LogP contribution is 2.29. The standard InChI is InChI=1S/C27H41N.C6H10.C2H6/c1-7-11-12-14-25(10-4)22(6)27(21(5)13-8-2)26(28)20-19-24-17-15-23(9-3)16-18-24;1-3-5-6-4-2;1-2/h8,13,15-18,25,28H,2,7,9-12,14,19-20H2,1,3-6H3;3,5-6H,1,4H2,2H3;1-2H3/b21-13-,27-22-,28-26?;6-5-;. The van der Waals surface area contributed by atoms with E-state index in [1.807, 2.05) is 26.0 Å². The van der Waals surface area contributed by atoms with Crippen molar-refractivity contribution in [2.45, 2.75) is 113 Å². The second-order valence-corrected chi connectivity index (χ2v) is 8.97. The van der Waals surface area contributed by atoms with Gasteiger partial charge in [0.25, 0.3) is 0 Å². The molecule has 0 fully saturated rings. The van der Waals surface area contributed by atoms with Gasteiger partial charge in [-0.1, -0.05) is 134 Å². The van der Waals surface area contributed by atoms with E-state index in [-0.39, 0.29) is 0 Å². The molecule has 0 bridgehead atoms.